The molecule has 0 bridgehead atoms. The summed E-state index contributed by atoms with van der Waals surface area (Å²) in [6.45, 7) is 0. The number of hydrogen-bond donors (Lipinski definition) is 0. The van der Waals surface area contributed by atoms with Crippen LogP contribution in [0, 0.1) is 0 Å². The molecule has 0 spiro atoms. The summed E-state index contributed by atoms with van der Waals surface area (Å²) in [5.41, 5.74) is 0. The molecule has 0 saturated carbocycles. The second kappa shape index (κ2) is 5.13. The Morgan fingerprint density at radius 2 is 1.00 bits per heavy atom. The van der Waals surface area contributed by atoms with Crippen molar-refractivity contribution in [3.8, 4) is 0 Å². The summed E-state index contributed by atoms with van der Waals surface area (Å²) in [5.74, 6) is -34.7. The predicted octanol–water partition coefficient (Wildman–Crippen LogP) is 4.82. The summed E-state index contributed by atoms with van der Waals surface area (Å²) in [7, 11) is 0. The molecule has 0 aliphatic heterocycles. The summed E-state index contributed by atoms with van der Waals surface area (Å²) in [5, 5.41) is -2.29. The molecule has 0 unspecified atom stereocenters. The van der Waals surface area contributed by atoms with E-state index >= 15 is 0 Å². The third kappa shape index (κ3) is 2.45. The highest BCUT2D eigenvalue weighted by atomic mass is 79.9. The standard InChI is InChI=1S/C7H3BrF12/c8-1-3(11,12)5(15,16)7(19,20)6(17,18)4(13,14)2(9)10/h2H,1H2. The van der Waals surface area contributed by atoms with E-state index in [1.807, 2.05) is 0 Å². The largest absolute Gasteiger partial charge is 0.384 e. The van der Waals surface area contributed by atoms with Gasteiger partial charge in [-0.25, -0.2) is 8.78 Å². The first-order valence-electron chi connectivity index (χ1n) is 4.24. The van der Waals surface area contributed by atoms with Crippen molar-refractivity contribution in [2.45, 2.75) is 36.0 Å². The third-order valence-corrected chi connectivity index (χ3v) is 2.81. The molecule has 0 amide bonds. The van der Waals surface area contributed by atoms with Gasteiger partial charge in [0.2, 0.25) is 0 Å². The van der Waals surface area contributed by atoms with E-state index in [1.165, 1.54) is 0 Å². The van der Waals surface area contributed by atoms with Gasteiger partial charge in [-0.15, -0.1) is 0 Å². The topological polar surface area (TPSA) is 0 Å². The monoisotopic (exact) mass is 394 g/mol. The molecule has 0 saturated heterocycles. The van der Waals surface area contributed by atoms with E-state index in [1.54, 1.807) is 15.9 Å². The van der Waals surface area contributed by atoms with Gasteiger partial charge < -0.3 is 0 Å². The lowest BCUT2D eigenvalue weighted by Gasteiger charge is -2.38. The zero-order valence-electron chi connectivity index (χ0n) is 8.70. The van der Waals surface area contributed by atoms with E-state index in [0.717, 1.165) is 0 Å². The zero-order chi connectivity index (χ0) is 16.8. The lowest BCUT2D eigenvalue weighted by Crippen LogP contribution is -2.68. The van der Waals surface area contributed by atoms with E-state index in [-0.39, 0.29) is 0 Å². The first-order valence-corrected chi connectivity index (χ1v) is 5.36. The molecule has 0 atom stereocenters. The van der Waals surface area contributed by atoms with Gasteiger partial charge in [0.05, 0.1) is 5.33 Å². The SMILES string of the molecule is FC(F)C(F)(F)C(F)(F)C(F)(F)C(F)(F)C(F)(F)CBr. The first kappa shape index (κ1) is 19.6. The quantitative estimate of drug-likeness (QED) is 0.447. The molecular formula is C7H3BrF12. The highest BCUT2D eigenvalue weighted by molar-refractivity contribution is 9.09. The minimum atomic E-state index is -7.43. The van der Waals surface area contributed by atoms with E-state index in [2.05, 4.69) is 0 Å². The van der Waals surface area contributed by atoms with Gasteiger partial charge in [0, 0.05) is 0 Å². The van der Waals surface area contributed by atoms with Crippen LogP contribution in [0.4, 0.5) is 52.7 Å². The van der Waals surface area contributed by atoms with Gasteiger partial charge in [0.1, 0.15) is 0 Å². The first-order chi connectivity index (χ1) is 8.50. The number of rotatable bonds is 6. The lowest BCUT2D eigenvalue weighted by molar-refractivity contribution is -0.409. The summed E-state index contributed by atoms with van der Waals surface area (Å²) in [4.78, 5) is 0. The number of hydrogen-bond acceptors (Lipinski definition) is 0. The Kier molecular flexibility index (Phi) is 5.03. The summed E-state index contributed by atoms with van der Waals surface area (Å²) < 4.78 is 149. The van der Waals surface area contributed by atoms with Gasteiger partial charge in [-0.05, 0) is 0 Å². The van der Waals surface area contributed by atoms with Crippen LogP contribution in [0.3, 0.4) is 0 Å². The molecule has 0 N–H and O–H groups in total. The highest BCUT2D eigenvalue weighted by Crippen LogP contribution is 2.58. The van der Waals surface area contributed by atoms with E-state index in [0.29, 0.717) is 0 Å². The van der Waals surface area contributed by atoms with Crippen LogP contribution in [-0.4, -0.2) is 41.4 Å². The van der Waals surface area contributed by atoms with Crippen molar-refractivity contribution in [1.82, 2.24) is 0 Å². The molecule has 0 nitrogen and oxygen atoms in total. The maximum atomic E-state index is 12.7. The average Bonchev–Trinajstić information content (AvgIpc) is 2.27. The van der Waals surface area contributed by atoms with Crippen LogP contribution in [0.15, 0.2) is 0 Å². The minimum absolute atomic E-state index is 1.60. The molecule has 0 aromatic heterocycles. The van der Waals surface area contributed by atoms with E-state index in [4.69, 9.17) is 0 Å². The Labute approximate surface area is 111 Å². The van der Waals surface area contributed by atoms with Gasteiger partial charge in [-0.1, -0.05) is 15.9 Å². The van der Waals surface area contributed by atoms with Gasteiger partial charge in [0.15, 0.2) is 0 Å². The van der Waals surface area contributed by atoms with Crippen LogP contribution in [0.1, 0.15) is 0 Å². The molecular weight excluding hydrogens is 392 g/mol. The molecule has 0 aliphatic carbocycles. The zero-order valence-corrected chi connectivity index (χ0v) is 10.3. The van der Waals surface area contributed by atoms with Crippen LogP contribution in [0.2, 0.25) is 0 Å². The van der Waals surface area contributed by atoms with E-state index in [9.17, 15) is 52.7 Å². The normalized spacial score (nSPS) is 15.9. The molecule has 0 fully saturated rings. The second-order valence-electron chi connectivity index (χ2n) is 3.48. The van der Waals surface area contributed by atoms with E-state index < -0.39 is 41.4 Å². The van der Waals surface area contributed by atoms with Gasteiger partial charge in [-0.3, -0.25) is 0 Å². The van der Waals surface area contributed by atoms with Crippen LogP contribution >= 0.6 is 15.9 Å². The fourth-order valence-electron chi connectivity index (χ4n) is 0.857. The van der Waals surface area contributed by atoms with Crippen molar-refractivity contribution in [3.05, 3.63) is 0 Å². The highest BCUT2D eigenvalue weighted by Gasteiger charge is 2.87. The smallest absolute Gasteiger partial charge is 0.203 e. The van der Waals surface area contributed by atoms with Crippen molar-refractivity contribution in [3.63, 3.8) is 0 Å². The Hall–Kier alpha value is -0.360. The van der Waals surface area contributed by atoms with Gasteiger partial charge in [-0.2, -0.15) is 43.9 Å². The summed E-state index contributed by atoms with van der Waals surface area (Å²) in [6.07, 6.45) is -5.48. The number of alkyl halides is 13. The maximum absolute atomic E-state index is 12.7. The molecule has 0 aliphatic rings. The number of halogens is 13. The lowest BCUT2D eigenvalue weighted by atomic mass is 9.95. The van der Waals surface area contributed by atoms with Crippen molar-refractivity contribution < 1.29 is 52.7 Å². The van der Waals surface area contributed by atoms with Crippen LogP contribution in [-0.2, 0) is 0 Å². The molecule has 20 heavy (non-hydrogen) atoms. The molecule has 122 valence electrons. The van der Waals surface area contributed by atoms with Gasteiger partial charge >= 0.3 is 36.0 Å². The van der Waals surface area contributed by atoms with Gasteiger partial charge in [0.25, 0.3) is 0 Å². The fraction of sp³-hybridized carbons (Fsp3) is 1.00. The average molecular weight is 395 g/mol. The molecule has 13 heteroatoms. The van der Waals surface area contributed by atoms with Crippen molar-refractivity contribution >= 4 is 15.9 Å². The molecule has 0 radical (unpaired) electrons. The summed E-state index contributed by atoms with van der Waals surface area (Å²) >= 11 is 1.60. The Balaban J connectivity index is 5.98. The maximum Gasteiger partial charge on any atom is 0.384 e. The Morgan fingerprint density at radius 3 is 1.25 bits per heavy atom. The van der Waals surface area contributed by atoms with Crippen LogP contribution < -0.4 is 0 Å². The fourth-order valence-corrected chi connectivity index (χ4v) is 1.21. The molecule has 0 rings (SSSR count). The third-order valence-electron chi connectivity index (χ3n) is 2.11. The Bertz CT molecular complexity index is 348. The van der Waals surface area contributed by atoms with Crippen molar-refractivity contribution in [2.75, 3.05) is 5.33 Å². The van der Waals surface area contributed by atoms with Crippen LogP contribution in [0.25, 0.3) is 0 Å². The van der Waals surface area contributed by atoms with Crippen molar-refractivity contribution in [1.29, 1.82) is 0 Å². The minimum Gasteiger partial charge on any atom is -0.203 e. The summed E-state index contributed by atoms with van der Waals surface area (Å²) in [6, 6.07) is 0. The molecule has 0 aromatic rings. The van der Waals surface area contributed by atoms with Crippen LogP contribution in [0.5, 0.6) is 0 Å². The molecule has 0 aromatic carbocycles. The van der Waals surface area contributed by atoms with Crippen molar-refractivity contribution in [2.24, 2.45) is 0 Å². The predicted molar refractivity (Wildman–Crippen MR) is 44.5 cm³/mol. The Morgan fingerprint density at radius 1 is 0.650 bits per heavy atom. The second-order valence-corrected chi connectivity index (χ2v) is 4.05. The molecule has 0 heterocycles.